The Morgan fingerprint density at radius 2 is 1.04 bits per heavy atom. The van der Waals surface area contributed by atoms with Gasteiger partial charge in [0.05, 0.1) is 36.1 Å². The number of hydrogen-bond donors (Lipinski definition) is 2. The van der Waals surface area contributed by atoms with Crippen molar-refractivity contribution in [2.45, 2.75) is 102 Å². The van der Waals surface area contributed by atoms with Crippen molar-refractivity contribution in [3.63, 3.8) is 0 Å². The molecule has 0 radical (unpaired) electrons. The number of thiazole rings is 2. The molecule has 4 amide bonds. The summed E-state index contributed by atoms with van der Waals surface area (Å²) in [6.45, 7) is 5.40. The van der Waals surface area contributed by atoms with Crippen LogP contribution in [0.1, 0.15) is 100 Å². The molecule has 2 aliphatic heterocycles. The van der Waals surface area contributed by atoms with E-state index < -0.39 is 24.3 Å². The maximum Gasteiger partial charge on any atom is 0.407 e. The zero-order valence-corrected chi connectivity index (χ0v) is 34.3. The van der Waals surface area contributed by atoms with Gasteiger partial charge in [0.15, 0.2) is 0 Å². The predicted octanol–water partition coefficient (Wildman–Crippen LogP) is 8.76. The highest BCUT2D eigenvalue weighted by Gasteiger charge is 2.37. The number of hydrogen-bond acceptors (Lipinski definition) is 10. The van der Waals surface area contributed by atoms with E-state index in [4.69, 9.17) is 19.4 Å². The minimum absolute atomic E-state index is 0.0797. The third kappa shape index (κ3) is 9.58. The van der Waals surface area contributed by atoms with Gasteiger partial charge in [0.25, 0.3) is 0 Å². The van der Waals surface area contributed by atoms with Gasteiger partial charge in [-0.1, -0.05) is 88.1 Å². The molecule has 2 fully saturated rings. The molecular weight excluding hydrogens is 749 g/mol. The van der Waals surface area contributed by atoms with Crippen molar-refractivity contribution >= 4 is 46.7 Å². The standard InChI is InChI=1S/C42H52N6O6S2/c1-5-7-11-31(45-41(51)53-3)39(49)47-23-9-13-33(47)37-43-25-35(55-37)29-19-15-27(16-20-29)28-17-21-30(22-18-28)36-26-44-38(56-36)34-14-10-24-48(34)40(50)32(12-8-6-2)46-42(52)54-4/h15-22,25-26,31-34H,5-14,23-24H2,1-4H3,(H,45,51)(H,46,52)/t31-,32-,33-,34-/m0/s1. The third-order valence-electron chi connectivity index (χ3n) is 10.6. The second-order valence-corrected chi connectivity index (χ2v) is 16.4. The van der Waals surface area contributed by atoms with Gasteiger partial charge in [-0.25, -0.2) is 19.6 Å². The maximum atomic E-state index is 13.6. The minimum atomic E-state index is -0.615. The first-order chi connectivity index (χ1) is 27.2. The zero-order chi connectivity index (χ0) is 39.6. The van der Waals surface area contributed by atoms with E-state index in [-0.39, 0.29) is 23.9 Å². The Morgan fingerprint density at radius 1 is 0.661 bits per heavy atom. The molecule has 0 unspecified atom stereocenters. The molecule has 0 bridgehead atoms. The highest BCUT2D eigenvalue weighted by atomic mass is 32.1. The summed E-state index contributed by atoms with van der Waals surface area (Å²) in [4.78, 5) is 66.6. The number of carbonyl (C=O) groups excluding carboxylic acids is 4. The van der Waals surface area contributed by atoms with Gasteiger partial charge in [-0.2, -0.15) is 0 Å². The zero-order valence-electron chi connectivity index (χ0n) is 32.6. The van der Waals surface area contributed by atoms with Gasteiger partial charge in [0, 0.05) is 25.5 Å². The molecule has 6 rings (SSSR count). The van der Waals surface area contributed by atoms with Crippen LogP contribution < -0.4 is 10.6 Å². The van der Waals surface area contributed by atoms with Crippen LogP contribution in [0.4, 0.5) is 9.59 Å². The molecule has 56 heavy (non-hydrogen) atoms. The van der Waals surface area contributed by atoms with Gasteiger partial charge < -0.3 is 29.9 Å². The van der Waals surface area contributed by atoms with E-state index >= 15 is 0 Å². The predicted molar refractivity (Wildman–Crippen MR) is 219 cm³/mol. The number of rotatable bonds is 15. The van der Waals surface area contributed by atoms with E-state index in [0.29, 0.717) is 25.9 Å². The number of alkyl carbamates (subject to hydrolysis) is 2. The second kappa shape index (κ2) is 19.4. The fourth-order valence-corrected chi connectivity index (χ4v) is 9.65. The summed E-state index contributed by atoms with van der Waals surface area (Å²) in [5, 5.41) is 7.30. The monoisotopic (exact) mass is 800 g/mol. The van der Waals surface area contributed by atoms with Crippen LogP contribution in [0.15, 0.2) is 60.9 Å². The van der Waals surface area contributed by atoms with E-state index in [1.165, 1.54) is 14.2 Å². The van der Waals surface area contributed by atoms with Crippen molar-refractivity contribution in [1.29, 1.82) is 0 Å². The molecule has 2 aromatic carbocycles. The van der Waals surface area contributed by atoms with E-state index in [0.717, 1.165) is 93.4 Å². The Kier molecular flexibility index (Phi) is 14.1. The lowest BCUT2D eigenvalue weighted by atomic mass is 10.0. The highest BCUT2D eigenvalue weighted by molar-refractivity contribution is 7.15. The molecule has 2 aromatic heterocycles. The number of carbonyl (C=O) groups is 4. The Balaban J connectivity index is 1.10. The Hall–Kier alpha value is -4.82. The summed E-state index contributed by atoms with van der Waals surface area (Å²) in [6.07, 6.45) is 10.7. The third-order valence-corrected chi connectivity index (χ3v) is 12.9. The normalized spacial score (nSPS) is 17.7. The van der Waals surface area contributed by atoms with Gasteiger partial charge in [-0.3, -0.25) is 9.59 Å². The van der Waals surface area contributed by atoms with Crippen LogP contribution in [0, 0.1) is 0 Å². The van der Waals surface area contributed by atoms with E-state index in [1.807, 2.05) is 22.2 Å². The van der Waals surface area contributed by atoms with Crippen LogP contribution in [0.2, 0.25) is 0 Å². The van der Waals surface area contributed by atoms with E-state index in [9.17, 15) is 19.2 Å². The van der Waals surface area contributed by atoms with Crippen LogP contribution in [0.25, 0.3) is 32.0 Å². The Bertz CT molecular complexity index is 1810. The molecule has 298 valence electrons. The van der Waals surface area contributed by atoms with E-state index in [1.54, 1.807) is 22.7 Å². The molecule has 2 aliphatic rings. The van der Waals surface area contributed by atoms with Crippen molar-refractivity contribution < 1.29 is 28.7 Å². The molecule has 0 aliphatic carbocycles. The van der Waals surface area contributed by atoms with Crippen LogP contribution in [0.3, 0.4) is 0 Å². The second-order valence-electron chi connectivity index (χ2n) is 14.3. The molecule has 14 heteroatoms. The average Bonchev–Trinajstić information content (AvgIpc) is 4.07. The highest BCUT2D eigenvalue weighted by Crippen LogP contribution is 2.40. The summed E-state index contributed by atoms with van der Waals surface area (Å²) >= 11 is 3.22. The smallest absolute Gasteiger partial charge is 0.407 e. The summed E-state index contributed by atoms with van der Waals surface area (Å²) < 4.78 is 9.59. The Labute approximate surface area is 337 Å². The lowest BCUT2D eigenvalue weighted by molar-refractivity contribution is -0.135. The molecule has 0 saturated carbocycles. The van der Waals surface area contributed by atoms with Gasteiger partial charge in [0.2, 0.25) is 11.8 Å². The average molecular weight is 801 g/mol. The summed E-state index contributed by atoms with van der Waals surface area (Å²) in [5.74, 6) is -0.159. The minimum Gasteiger partial charge on any atom is -0.453 e. The summed E-state index contributed by atoms with van der Waals surface area (Å²) in [7, 11) is 2.62. The molecule has 2 N–H and O–H groups in total. The molecule has 4 atom stereocenters. The number of unbranched alkanes of at least 4 members (excludes halogenated alkanes) is 2. The van der Waals surface area contributed by atoms with Crippen molar-refractivity contribution in [1.82, 2.24) is 30.4 Å². The number of methoxy groups -OCH3 is 2. The van der Waals surface area contributed by atoms with Gasteiger partial charge >= 0.3 is 12.2 Å². The number of amides is 4. The van der Waals surface area contributed by atoms with Crippen LogP contribution >= 0.6 is 22.7 Å². The number of benzene rings is 2. The first kappa shape index (κ1) is 40.8. The summed E-state index contributed by atoms with van der Waals surface area (Å²) in [5.41, 5.74) is 4.31. The lowest BCUT2D eigenvalue weighted by Gasteiger charge is -2.28. The topological polar surface area (TPSA) is 143 Å². The molecule has 4 aromatic rings. The number of likely N-dealkylation sites (tertiary alicyclic amines) is 2. The fraction of sp³-hybridized carbons (Fsp3) is 0.476. The quantitative estimate of drug-likeness (QED) is 0.122. The lowest BCUT2D eigenvalue weighted by Crippen LogP contribution is -2.48. The SMILES string of the molecule is CCCC[C@H](NC(=O)OC)C(=O)N1CCC[C@H]1c1ncc(-c2ccc(-c3ccc(-c4cnc([C@@H]5CCCN5C(=O)[C@H](CCCC)NC(=O)OC)s4)cc3)cc2)s1. The van der Waals surface area contributed by atoms with Crippen LogP contribution in [-0.2, 0) is 19.1 Å². The molecule has 4 heterocycles. The molecular formula is C42H52N6O6S2. The van der Waals surface area contributed by atoms with Crippen molar-refractivity contribution in [3.8, 4) is 32.0 Å². The number of ether oxygens (including phenoxy) is 2. The molecule has 12 nitrogen and oxygen atoms in total. The maximum absolute atomic E-state index is 13.6. The first-order valence-corrected chi connectivity index (χ1v) is 21.3. The molecule has 0 spiro atoms. The van der Waals surface area contributed by atoms with Crippen molar-refractivity contribution in [2.75, 3.05) is 27.3 Å². The number of nitrogens with one attached hydrogen (secondary N) is 2. The van der Waals surface area contributed by atoms with Crippen molar-refractivity contribution in [3.05, 3.63) is 70.9 Å². The fourth-order valence-electron chi connectivity index (χ4n) is 7.51. The Morgan fingerprint density at radius 3 is 1.39 bits per heavy atom. The van der Waals surface area contributed by atoms with Crippen LogP contribution in [-0.4, -0.2) is 83.2 Å². The largest absolute Gasteiger partial charge is 0.453 e. The van der Waals surface area contributed by atoms with Gasteiger partial charge in [-0.15, -0.1) is 22.7 Å². The van der Waals surface area contributed by atoms with Crippen LogP contribution in [0.5, 0.6) is 0 Å². The number of nitrogens with zero attached hydrogens (tertiary/aromatic N) is 4. The summed E-state index contributed by atoms with van der Waals surface area (Å²) in [6, 6.07) is 15.4. The number of aromatic nitrogens is 2. The first-order valence-electron chi connectivity index (χ1n) is 19.7. The molecule has 2 saturated heterocycles. The van der Waals surface area contributed by atoms with Gasteiger partial charge in [-0.05, 0) is 60.8 Å². The van der Waals surface area contributed by atoms with E-state index in [2.05, 4.69) is 73.0 Å². The van der Waals surface area contributed by atoms with Gasteiger partial charge in [0.1, 0.15) is 22.1 Å². The van der Waals surface area contributed by atoms with Crippen molar-refractivity contribution in [2.24, 2.45) is 0 Å².